The van der Waals surface area contributed by atoms with Gasteiger partial charge in [0.1, 0.15) is 5.25 Å². The molecule has 2 aliphatic heterocycles. The van der Waals surface area contributed by atoms with Crippen LogP contribution >= 0.6 is 11.8 Å². The van der Waals surface area contributed by atoms with E-state index in [1.54, 1.807) is 11.8 Å². The molecule has 0 bridgehead atoms. The summed E-state index contributed by atoms with van der Waals surface area (Å²) in [5.74, 6) is 1.23. The molecule has 2 atom stereocenters. The number of benzene rings is 1. The lowest BCUT2D eigenvalue weighted by molar-refractivity contribution is -0.121. The standard InChI is InChI=1S/C15H20N2OS/c18-15(17-12-5-3-8-16-10-12)14-13-6-2-1-4-11(13)7-9-19-14/h1-2,4,6,12,14,16H,3,5,7-10H2,(H,17,18). The molecular weight excluding hydrogens is 256 g/mol. The highest BCUT2D eigenvalue weighted by molar-refractivity contribution is 8.00. The smallest absolute Gasteiger partial charge is 0.237 e. The number of amides is 1. The first-order chi connectivity index (χ1) is 9.34. The summed E-state index contributed by atoms with van der Waals surface area (Å²) in [7, 11) is 0. The van der Waals surface area contributed by atoms with Gasteiger partial charge >= 0.3 is 0 Å². The second kappa shape index (κ2) is 5.97. The number of nitrogens with one attached hydrogen (secondary N) is 2. The highest BCUT2D eigenvalue weighted by Gasteiger charge is 2.28. The first-order valence-electron chi connectivity index (χ1n) is 7.05. The fourth-order valence-electron chi connectivity index (χ4n) is 2.86. The minimum Gasteiger partial charge on any atom is -0.351 e. The molecule has 0 aromatic heterocycles. The first-order valence-corrected chi connectivity index (χ1v) is 8.10. The van der Waals surface area contributed by atoms with Crippen LogP contribution in [-0.2, 0) is 11.2 Å². The minimum atomic E-state index is -0.0214. The van der Waals surface area contributed by atoms with E-state index in [0.717, 1.165) is 38.1 Å². The molecule has 1 aromatic rings. The van der Waals surface area contributed by atoms with E-state index in [2.05, 4.69) is 28.8 Å². The number of carbonyl (C=O) groups excluding carboxylic acids is 1. The molecule has 2 unspecified atom stereocenters. The summed E-state index contributed by atoms with van der Waals surface area (Å²) < 4.78 is 0. The lowest BCUT2D eigenvalue weighted by Crippen LogP contribution is -2.47. The molecule has 1 saturated heterocycles. The quantitative estimate of drug-likeness (QED) is 0.866. The average Bonchev–Trinajstić information content (AvgIpc) is 2.47. The van der Waals surface area contributed by atoms with Gasteiger partial charge in [-0.25, -0.2) is 0 Å². The van der Waals surface area contributed by atoms with Crippen molar-refractivity contribution in [3.8, 4) is 0 Å². The van der Waals surface area contributed by atoms with Crippen molar-refractivity contribution in [2.45, 2.75) is 30.6 Å². The van der Waals surface area contributed by atoms with Gasteiger partial charge in [-0.3, -0.25) is 4.79 Å². The van der Waals surface area contributed by atoms with E-state index in [0.29, 0.717) is 6.04 Å². The lowest BCUT2D eigenvalue weighted by atomic mass is 10.0. The van der Waals surface area contributed by atoms with Gasteiger partial charge < -0.3 is 10.6 Å². The van der Waals surface area contributed by atoms with Crippen LogP contribution in [0.3, 0.4) is 0 Å². The Balaban J connectivity index is 1.70. The summed E-state index contributed by atoms with van der Waals surface area (Å²) in [5, 5.41) is 6.53. The van der Waals surface area contributed by atoms with Gasteiger partial charge in [0, 0.05) is 12.6 Å². The number of carbonyl (C=O) groups is 1. The number of rotatable bonds is 2. The molecule has 0 spiro atoms. The molecule has 102 valence electrons. The Morgan fingerprint density at radius 3 is 3.11 bits per heavy atom. The van der Waals surface area contributed by atoms with E-state index in [9.17, 15) is 4.79 Å². The van der Waals surface area contributed by atoms with E-state index < -0.39 is 0 Å². The Hall–Kier alpha value is -1.00. The largest absolute Gasteiger partial charge is 0.351 e. The Morgan fingerprint density at radius 2 is 2.26 bits per heavy atom. The molecule has 0 saturated carbocycles. The SMILES string of the molecule is O=C(NC1CCCNC1)C1SCCc2ccccc21. The first kappa shape index (κ1) is 13.0. The number of piperidine rings is 1. The topological polar surface area (TPSA) is 41.1 Å². The summed E-state index contributed by atoms with van der Waals surface area (Å²) in [6, 6.07) is 8.65. The second-order valence-corrected chi connectivity index (χ2v) is 6.46. The fourth-order valence-corrected chi connectivity index (χ4v) is 4.07. The Labute approximate surface area is 118 Å². The number of hydrogen-bond donors (Lipinski definition) is 2. The van der Waals surface area contributed by atoms with Gasteiger partial charge in [0.05, 0.1) is 0 Å². The summed E-state index contributed by atoms with van der Waals surface area (Å²) >= 11 is 1.77. The normalized spacial score (nSPS) is 26.5. The van der Waals surface area contributed by atoms with Crippen LogP contribution in [0.2, 0.25) is 0 Å². The monoisotopic (exact) mass is 276 g/mol. The third-order valence-corrected chi connectivity index (χ3v) is 5.12. The van der Waals surface area contributed by atoms with Crippen LogP contribution < -0.4 is 10.6 Å². The highest BCUT2D eigenvalue weighted by Crippen LogP contribution is 2.36. The van der Waals surface area contributed by atoms with Crippen LogP contribution in [0.15, 0.2) is 24.3 Å². The molecule has 1 amide bonds. The fraction of sp³-hybridized carbons (Fsp3) is 0.533. The van der Waals surface area contributed by atoms with Crippen molar-refractivity contribution < 1.29 is 4.79 Å². The van der Waals surface area contributed by atoms with Crippen LogP contribution in [0.25, 0.3) is 0 Å². The molecule has 1 aromatic carbocycles. The summed E-state index contributed by atoms with van der Waals surface area (Å²) in [6.07, 6.45) is 3.33. The van der Waals surface area contributed by atoms with Crippen molar-refractivity contribution in [1.29, 1.82) is 0 Å². The predicted octanol–water partition coefficient (Wildman–Crippen LogP) is 1.89. The maximum absolute atomic E-state index is 12.5. The van der Waals surface area contributed by atoms with Crippen molar-refractivity contribution in [3.63, 3.8) is 0 Å². The molecular formula is C15H20N2OS. The zero-order chi connectivity index (χ0) is 13.1. The Bertz CT molecular complexity index is 457. The maximum Gasteiger partial charge on any atom is 0.237 e. The molecule has 3 rings (SSSR count). The van der Waals surface area contributed by atoms with Crippen LogP contribution in [0.5, 0.6) is 0 Å². The van der Waals surface area contributed by atoms with Gasteiger partial charge in [-0.05, 0) is 42.7 Å². The summed E-state index contributed by atoms with van der Waals surface area (Å²) in [4.78, 5) is 12.5. The number of hydrogen-bond acceptors (Lipinski definition) is 3. The molecule has 2 heterocycles. The van der Waals surface area contributed by atoms with Gasteiger partial charge in [0.25, 0.3) is 0 Å². The number of aryl methyl sites for hydroxylation is 1. The van der Waals surface area contributed by atoms with Crippen molar-refractivity contribution >= 4 is 17.7 Å². The maximum atomic E-state index is 12.5. The molecule has 1 fully saturated rings. The van der Waals surface area contributed by atoms with E-state index >= 15 is 0 Å². The summed E-state index contributed by atoms with van der Waals surface area (Å²) in [6.45, 7) is 1.98. The molecule has 0 aliphatic carbocycles. The van der Waals surface area contributed by atoms with E-state index in [-0.39, 0.29) is 11.2 Å². The Kier molecular flexibility index (Phi) is 4.09. The second-order valence-electron chi connectivity index (χ2n) is 5.25. The number of fused-ring (bicyclic) bond motifs is 1. The predicted molar refractivity (Wildman–Crippen MR) is 79.4 cm³/mol. The van der Waals surface area contributed by atoms with Crippen molar-refractivity contribution in [2.24, 2.45) is 0 Å². The van der Waals surface area contributed by atoms with Crippen molar-refractivity contribution in [2.75, 3.05) is 18.8 Å². The molecule has 4 heteroatoms. The average molecular weight is 276 g/mol. The molecule has 0 radical (unpaired) electrons. The zero-order valence-corrected chi connectivity index (χ0v) is 11.8. The van der Waals surface area contributed by atoms with Gasteiger partial charge in [0.15, 0.2) is 0 Å². The highest BCUT2D eigenvalue weighted by atomic mass is 32.2. The van der Waals surface area contributed by atoms with Crippen LogP contribution in [-0.4, -0.2) is 30.8 Å². The van der Waals surface area contributed by atoms with Gasteiger partial charge in [-0.15, -0.1) is 11.8 Å². The minimum absolute atomic E-state index is 0.0214. The van der Waals surface area contributed by atoms with Gasteiger partial charge in [-0.1, -0.05) is 24.3 Å². The lowest BCUT2D eigenvalue weighted by Gasteiger charge is -2.28. The van der Waals surface area contributed by atoms with E-state index in [1.165, 1.54) is 11.1 Å². The van der Waals surface area contributed by atoms with Gasteiger partial charge in [-0.2, -0.15) is 0 Å². The Morgan fingerprint density at radius 1 is 1.37 bits per heavy atom. The third-order valence-electron chi connectivity index (χ3n) is 3.87. The van der Waals surface area contributed by atoms with Gasteiger partial charge in [0.2, 0.25) is 5.91 Å². The van der Waals surface area contributed by atoms with Crippen molar-refractivity contribution in [3.05, 3.63) is 35.4 Å². The summed E-state index contributed by atoms with van der Waals surface area (Å²) in [5.41, 5.74) is 2.54. The van der Waals surface area contributed by atoms with Crippen molar-refractivity contribution in [1.82, 2.24) is 10.6 Å². The van der Waals surface area contributed by atoms with Crippen LogP contribution in [0.4, 0.5) is 0 Å². The van der Waals surface area contributed by atoms with Crippen LogP contribution in [0.1, 0.15) is 29.2 Å². The third kappa shape index (κ3) is 2.95. The number of thioether (sulfide) groups is 1. The molecule has 2 aliphatic rings. The zero-order valence-electron chi connectivity index (χ0n) is 11.0. The molecule has 3 nitrogen and oxygen atoms in total. The van der Waals surface area contributed by atoms with Crippen LogP contribution in [0, 0.1) is 0 Å². The molecule has 19 heavy (non-hydrogen) atoms. The molecule has 2 N–H and O–H groups in total. The van der Waals surface area contributed by atoms with E-state index in [4.69, 9.17) is 0 Å². The van der Waals surface area contributed by atoms with E-state index in [1.807, 2.05) is 6.07 Å².